The van der Waals surface area contributed by atoms with Crippen molar-refractivity contribution in [1.29, 1.82) is 0 Å². The van der Waals surface area contributed by atoms with Crippen LogP contribution in [0.3, 0.4) is 0 Å². The first-order chi connectivity index (χ1) is 4.39. The van der Waals surface area contributed by atoms with Gasteiger partial charge in [0, 0.05) is 3.57 Å². The molecule has 1 aromatic carbocycles. The molecule has 1 rings (SSSR count). The van der Waals surface area contributed by atoms with E-state index in [-0.39, 0.29) is 0 Å². The molecular weight excluding hydrogens is 223 g/mol. The molecular formula is C8H11I. The quantitative estimate of drug-likeness (QED) is 0.604. The summed E-state index contributed by atoms with van der Waals surface area (Å²) in [7, 11) is 0. The Morgan fingerprint density at radius 2 is 1.44 bits per heavy atom. The molecule has 0 aromatic heterocycles. The Balaban J connectivity index is 0.000000291. The van der Waals surface area contributed by atoms with Crippen molar-refractivity contribution >= 4 is 22.6 Å². The highest BCUT2D eigenvalue weighted by Crippen LogP contribution is 1.99. The molecule has 50 valence electrons. The Kier molecular flexibility index (Phi) is 6.04. The van der Waals surface area contributed by atoms with Crippen LogP contribution in [-0.2, 0) is 0 Å². The maximum absolute atomic E-state index is 2.28. The number of halogens is 1. The van der Waals surface area contributed by atoms with Crippen LogP contribution < -0.4 is 0 Å². The summed E-state index contributed by atoms with van der Waals surface area (Å²) in [6.07, 6.45) is 0. The van der Waals surface area contributed by atoms with Crippen LogP contribution in [-0.4, -0.2) is 0 Å². The van der Waals surface area contributed by atoms with E-state index in [1.807, 2.05) is 32.0 Å². The SMILES string of the molecule is CC.Ic1ccccc1. The molecule has 0 aliphatic rings. The molecule has 0 amide bonds. The lowest BCUT2D eigenvalue weighted by Gasteiger charge is -1.80. The fourth-order valence-corrected chi connectivity index (χ4v) is 0.830. The molecule has 0 nitrogen and oxygen atoms in total. The molecule has 0 heterocycles. The van der Waals surface area contributed by atoms with Crippen molar-refractivity contribution in [3.8, 4) is 0 Å². The normalized spacial score (nSPS) is 7.44. The third-order valence-corrected chi connectivity index (χ3v) is 1.45. The van der Waals surface area contributed by atoms with Gasteiger partial charge in [-0.15, -0.1) is 0 Å². The predicted octanol–water partition coefficient (Wildman–Crippen LogP) is 3.32. The van der Waals surface area contributed by atoms with Crippen LogP contribution in [0.1, 0.15) is 13.8 Å². The maximum atomic E-state index is 2.28. The van der Waals surface area contributed by atoms with E-state index in [0.29, 0.717) is 0 Å². The second-order valence-electron chi connectivity index (χ2n) is 1.30. The molecule has 0 aliphatic heterocycles. The fraction of sp³-hybridized carbons (Fsp3) is 0.250. The Labute approximate surface area is 70.4 Å². The molecule has 0 atom stereocenters. The second kappa shape index (κ2) is 6.08. The molecule has 0 saturated carbocycles. The van der Waals surface area contributed by atoms with E-state index in [1.54, 1.807) is 0 Å². The third kappa shape index (κ3) is 4.45. The first-order valence-electron chi connectivity index (χ1n) is 3.10. The number of hydrogen-bond acceptors (Lipinski definition) is 0. The smallest absolute Gasteiger partial charge is 0.0130 e. The standard InChI is InChI=1S/C6H5I.C2H6/c7-6-4-2-1-3-5-6;1-2/h1-5H;1-2H3. The molecule has 0 saturated heterocycles. The zero-order valence-electron chi connectivity index (χ0n) is 5.76. The van der Waals surface area contributed by atoms with Crippen LogP contribution in [0.2, 0.25) is 0 Å². The van der Waals surface area contributed by atoms with Gasteiger partial charge in [0.2, 0.25) is 0 Å². The number of hydrogen-bond donors (Lipinski definition) is 0. The summed E-state index contributed by atoms with van der Waals surface area (Å²) in [6.45, 7) is 4.00. The topological polar surface area (TPSA) is 0 Å². The summed E-state index contributed by atoms with van der Waals surface area (Å²) in [4.78, 5) is 0. The van der Waals surface area contributed by atoms with Crippen LogP contribution in [0.25, 0.3) is 0 Å². The van der Waals surface area contributed by atoms with Crippen LogP contribution in [0.4, 0.5) is 0 Å². The maximum Gasteiger partial charge on any atom is 0.0130 e. The molecule has 0 unspecified atom stereocenters. The van der Waals surface area contributed by atoms with E-state index >= 15 is 0 Å². The summed E-state index contributed by atoms with van der Waals surface area (Å²) >= 11 is 2.28. The van der Waals surface area contributed by atoms with Gasteiger partial charge in [-0.2, -0.15) is 0 Å². The van der Waals surface area contributed by atoms with Crippen molar-refractivity contribution in [2.24, 2.45) is 0 Å². The summed E-state index contributed by atoms with van der Waals surface area (Å²) in [5, 5.41) is 0. The van der Waals surface area contributed by atoms with Gasteiger partial charge in [0.15, 0.2) is 0 Å². The highest BCUT2D eigenvalue weighted by atomic mass is 127. The van der Waals surface area contributed by atoms with Gasteiger partial charge in [-0.25, -0.2) is 0 Å². The van der Waals surface area contributed by atoms with E-state index in [9.17, 15) is 0 Å². The third-order valence-electron chi connectivity index (χ3n) is 0.733. The van der Waals surface area contributed by atoms with Gasteiger partial charge < -0.3 is 0 Å². The van der Waals surface area contributed by atoms with Gasteiger partial charge in [-0.1, -0.05) is 32.0 Å². The number of benzene rings is 1. The monoisotopic (exact) mass is 234 g/mol. The van der Waals surface area contributed by atoms with Crippen molar-refractivity contribution < 1.29 is 0 Å². The summed E-state index contributed by atoms with van der Waals surface area (Å²) in [6, 6.07) is 10.2. The Morgan fingerprint density at radius 1 is 1.00 bits per heavy atom. The lowest BCUT2D eigenvalue weighted by molar-refractivity contribution is 1.50. The average Bonchev–Trinajstić information content (AvgIpc) is 1.94. The molecule has 1 aromatic rings. The zero-order valence-corrected chi connectivity index (χ0v) is 7.92. The Bertz CT molecular complexity index is 134. The Hall–Kier alpha value is -0.0500. The van der Waals surface area contributed by atoms with Crippen molar-refractivity contribution in [1.82, 2.24) is 0 Å². The van der Waals surface area contributed by atoms with Gasteiger partial charge in [0.1, 0.15) is 0 Å². The summed E-state index contributed by atoms with van der Waals surface area (Å²) in [5.74, 6) is 0. The van der Waals surface area contributed by atoms with Crippen LogP contribution in [0.5, 0.6) is 0 Å². The van der Waals surface area contributed by atoms with Crippen LogP contribution >= 0.6 is 22.6 Å². The lowest BCUT2D eigenvalue weighted by atomic mass is 10.4. The minimum absolute atomic E-state index is 1.29. The van der Waals surface area contributed by atoms with Crippen molar-refractivity contribution in [3.63, 3.8) is 0 Å². The van der Waals surface area contributed by atoms with E-state index in [2.05, 4.69) is 34.7 Å². The molecule has 0 spiro atoms. The van der Waals surface area contributed by atoms with Gasteiger partial charge in [-0.3, -0.25) is 0 Å². The van der Waals surface area contributed by atoms with Crippen LogP contribution in [0.15, 0.2) is 30.3 Å². The lowest BCUT2D eigenvalue weighted by Crippen LogP contribution is -1.61. The van der Waals surface area contributed by atoms with Gasteiger partial charge >= 0.3 is 0 Å². The van der Waals surface area contributed by atoms with E-state index in [0.717, 1.165) is 0 Å². The van der Waals surface area contributed by atoms with E-state index in [4.69, 9.17) is 0 Å². The minimum Gasteiger partial charge on any atom is -0.0683 e. The molecule has 0 radical (unpaired) electrons. The first kappa shape index (κ1) is 8.95. The van der Waals surface area contributed by atoms with Gasteiger partial charge in [-0.05, 0) is 34.7 Å². The van der Waals surface area contributed by atoms with Crippen molar-refractivity contribution in [3.05, 3.63) is 33.9 Å². The fourth-order valence-electron chi connectivity index (χ4n) is 0.415. The highest BCUT2D eigenvalue weighted by Gasteiger charge is 1.74. The summed E-state index contributed by atoms with van der Waals surface area (Å²) < 4.78 is 1.29. The van der Waals surface area contributed by atoms with Gasteiger partial charge in [0.25, 0.3) is 0 Å². The van der Waals surface area contributed by atoms with Gasteiger partial charge in [0.05, 0.1) is 0 Å². The summed E-state index contributed by atoms with van der Waals surface area (Å²) in [5.41, 5.74) is 0. The van der Waals surface area contributed by atoms with Crippen molar-refractivity contribution in [2.75, 3.05) is 0 Å². The average molecular weight is 234 g/mol. The highest BCUT2D eigenvalue weighted by molar-refractivity contribution is 14.1. The Morgan fingerprint density at radius 3 is 1.67 bits per heavy atom. The minimum atomic E-state index is 1.29. The molecule has 0 fully saturated rings. The molecule has 1 heteroatoms. The number of rotatable bonds is 0. The second-order valence-corrected chi connectivity index (χ2v) is 2.54. The predicted molar refractivity (Wildman–Crippen MR) is 50.5 cm³/mol. The van der Waals surface area contributed by atoms with E-state index < -0.39 is 0 Å². The molecule has 0 N–H and O–H groups in total. The van der Waals surface area contributed by atoms with Crippen molar-refractivity contribution in [2.45, 2.75) is 13.8 Å². The molecule has 9 heavy (non-hydrogen) atoms. The van der Waals surface area contributed by atoms with E-state index in [1.165, 1.54) is 3.57 Å². The first-order valence-corrected chi connectivity index (χ1v) is 4.18. The molecule has 0 bridgehead atoms. The molecule has 0 aliphatic carbocycles. The largest absolute Gasteiger partial charge is 0.0683 e. The van der Waals surface area contributed by atoms with Crippen LogP contribution in [0, 0.1) is 3.57 Å². The zero-order chi connectivity index (χ0) is 7.11.